The summed E-state index contributed by atoms with van der Waals surface area (Å²) < 4.78 is 270. The zero-order valence-corrected chi connectivity index (χ0v) is 83.0. The third-order valence-corrected chi connectivity index (χ3v) is 20.0. The summed E-state index contributed by atoms with van der Waals surface area (Å²) in [5.41, 5.74) is 0. The SMILES string of the molecule is O=C(CCCC[C@@H]1SC[C@@H]2NC(=O)N[C@@H]21)NCCOCCOCCOCCOCCOCCOCCOCCOCCOCCOCCOCCOCCOCCOCCOCCOCCOCCOCCOCCOCCOCCOCCOCCOCCOCCOCCOCCOCCOCCOCCOCCOCCOCCOCCOCCOCCC(=O)Oc1c(F)c(F)c(F)c(F)c1F. The molecule has 0 saturated carbocycles. The van der Waals surface area contributed by atoms with Crippen LogP contribution < -0.4 is 20.7 Å². The number of halogens is 5. The minimum atomic E-state index is -2.36. The molecular weight excluding hydrogens is 1900 g/mol. The van der Waals surface area contributed by atoms with E-state index in [2.05, 4.69) is 20.7 Å². The van der Waals surface area contributed by atoms with Gasteiger partial charge in [-0.1, -0.05) is 6.42 Å². The number of hydrogen-bond acceptors (Lipinski definition) is 41. The summed E-state index contributed by atoms with van der Waals surface area (Å²) in [5, 5.41) is 9.28. The number of rotatable bonds is 117. The maximum Gasteiger partial charge on any atom is 0.315 e. The minimum Gasteiger partial charge on any atom is -0.420 e. The molecule has 3 atom stereocenters. The Morgan fingerprint density at radius 2 is 0.414 bits per heavy atom. The summed E-state index contributed by atoms with van der Waals surface area (Å²) in [6.07, 6.45) is 2.79. The number of ether oxygens (including phenoxy) is 37. The van der Waals surface area contributed by atoms with E-state index >= 15 is 0 Å². The first-order chi connectivity index (χ1) is 69.2. The predicted octanol–water partition coefficient (Wildman–Crippen LogP) is 3.12. The van der Waals surface area contributed by atoms with Crippen molar-refractivity contribution in [3.8, 4) is 5.75 Å². The van der Waals surface area contributed by atoms with E-state index in [4.69, 9.17) is 171 Å². The number of fused-ring (bicyclic) bond motifs is 1. The largest absolute Gasteiger partial charge is 0.420 e. The molecule has 0 radical (unpaired) electrons. The fourth-order valence-electron chi connectivity index (χ4n) is 11.4. The van der Waals surface area contributed by atoms with E-state index in [1.165, 1.54) is 0 Å². The zero-order valence-electron chi connectivity index (χ0n) is 82.2. The summed E-state index contributed by atoms with van der Waals surface area (Å²) in [6.45, 7) is 31.3. The van der Waals surface area contributed by atoms with Gasteiger partial charge in [-0.05, 0) is 12.8 Å². The molecule has 2 aliphatic rings. The molecule has 2 aliphatic heterocycles. The number of hydrogen-bond donors (Lipinski definition) is 3. The second kappa shape index (κ2) is 105. The van der Waals surface area contributed by atoms with Crippen LogP contribution in [0.15, 0.2) is 0 Å². The lowest BCUT2D eigenvalue weighted by Crippen LogP contribution is -2.36. The molecule has 0 spiro atoms. The van der Waals surface area contributed by atoms with Crippen LogP contribution in [0, 0.1) is 29.1 Å². The van der Waals surface area contributed by atoms with Crippen LogP contribution in [0.1, 0.15) is 32.1 Å². The van der Waals surface area contributed by atoms with Crippen molar-refractivity contribution in [3.05, 3.63) is 29.1 Å². The van der Waals surface area contributed by atoms with Crippen molar-refractivity contribution >= 4 is 29.7 Å². The highest BCUT2D eigenvalue weighted by atomic mass is 32.2. The number of carbonyl (C=O) groups excluding carboxylic acids is 3. The first kappa shape index (κ1) is 130. The molecule has 1 aromatic carbocycles. The molecular formula is C91H164F5N3O40S. The van der Waals surface area contributed by atoms with Crippen LogP contribution in [0.2, 0.25) is 0 Å². The summed E-state index contributed by atoms with van der Waals surface area (Å²) >= 11 is 1.90. The van der Waals surface area contributed by atoms with Gasteiger partial charge < -0.3 is 191 Å². The average Bonchev–Trinajstić information content (AvgIpc) is 0.942. The Kier molecular flexibility index (Phi) is 97.5. The van der Waals surface area contributed by atoms with Gasteiger partial charge in [-0.15, -0.1) is 0 Å². The normalized spacial score (nSPS) is 14.2. The molecule has 3 rings (SSSR count). The molecule has 43 nitrogen and oxygen atoms in total. The molecule has 0 aromatic heterocycles. The van der Waals surface area contributed by atoms with Gasteiger partial charge in [0.15, 0.2) is 0 Å². The molecule has 49 heteroatoms. The monoisotopic (exact) mass is 2070 g/mol. The number of carbonyl (C=O) groups is 3. The number of benzene rings is 1. The molecule has 0 unspecified atom stereocenters. The Bertz CT molecular complexity index is 2780. The number of amides is 3. The zero-order chi connectivity index (χ0) is 99.8. The summed E-state index contributed by atoms with van der Waals surface area (Å²) in [4.78, 5) is 35.4. The van der Waals surface area contributed by atoms with E-state index < -0.39 is 47.2 Å². The third kappa shape index (κ3) is 86.0. The fourth-order valence-corrected chi connectivity index (χ4v) is 13.0. The summed E-state index contributed by atoms with van der Waals surface area (Å²) in [5.74, 6) is -13.2. The van der Waals surface area contributed by atoms with Gasteiger partial charge in [0.1, 0.15) is 0 Å². The molecule has 2 saturated heterocycles. The van der Waals surface area contributed by atoms with Crippen molar-refractivity contribution < 1.29 is 212 Å². The van der Waals surface area contributed by atoms with Crippen molar-refractivity contribution in [2.24, 2.45) is 0 Å². The molecule has 2 heterocycles. The third-order valence-electron chi connectivity index (χ3n) is 18.5. The van der Waals surface area contributed by atoms with Crippen LogP contribution in [-0.2, 0) is 180 Å². The molecule has 3 N–H and O–H groups in total. The number of esters is 1. The van der Waals surface area contributed by atoms with Crippen LogP contribution in [0.3, 0.4) is 0 Å². The molecule has 824 valence electrons. The first-order valence-corrected chi connectivity index (χ1v) is 49.7. The molecule has 1 aromatic rings. The smallest absolute Gasteiger partial charge is 0.315 e. The van der Waals surface area contributed by atoms with E-state index in [1.807, 2.05) is 11.8 Å². The number of urea groups is 1. The summed E-state index contributed by atoms with van der Waals surface area (Å²) in [6, 6.07) is 0.371. The molecule has 0 bridgehead atoms. The van der Waals surface area contributed by atoms with Gasteiger partial charge in [-0.3, -0.25) is 9.59 Å². The van der Waals surface area contributed by atoms with Gasteiger partial charge in [0.05, 0.1) is 494 Å². The molecule has 2 fully saturated rings. The number of unbranched alkanes of at least 4 members (excludes halogenated alkanes) is 1. The maximum atomic E-state index is 13.6. The maximum absolute atomic E-state index is 13.6. The lowest BCUT2D eigenvalue weighted by Gasteiger charge is -2.16. The average molecular weight is 2070 g/mol. The van der Waals surface area contributed by atoms with Gasteiger partial charge in [-0.2, -0.15) is 20.5 Å². The Balaban J connectivity index is 0.821. The highest BCUT2D eigenvalue weighted by Crippen LogP contribution is 2.33. The van der Waals surface area contributed by atoms with E-state index in [9.17, 15) is 36.3 Å². The minimum absolute atomic E-state index is 0.0327. The van der Waals surface area contributed by atoms with Crippen molar-refractivity contribution in [2.75, 3.05) is 488 Å². The highest BCUT2D eigenvalue weighted by molar-refractivity contribution is 8.00. The van der Waals surface area contributed by atoms with Crippen LogP contribution in [0.5, 0.6) is 5.75 Å². The van der Waals surface area contributed by atoms with E-state index in [1.54, 1.807) is 0 Å². The number of nitrogens with one attached hydrogen (secondary N) is 3. The van der Waals surface area contributed by atoms with E-state index in [0.29, 0.717) is 467 Å². The molecule has 3 amide bonds. The molecule has 140 heavy (non-hydrogen) atoms. The summed E-state index contributed by atoms with van der Waals surface area (Å²) in [7, 11) is 0. The van der Waals surface area contributed by atoms with Crippen LogP contribution in [0.4, 0.5) is 26.7 Å². The lowest BCUT2D eigenvalue weighted by atomic mass is 10.0. The Hall–Kier alpha value is -4.01. The Morgan fingerprint density at radius 1 is 0.236 bits per heavy atom. The van der Waals surface area contributed by atoms with Gasteiger partial charge in [0.2, 0.25) is 40.7 Å². The van der Waals surface area contributed by atoms with E-state index in [-0.39, 0.29) is 50.4 Å². The van der Waals surface area contributed by atoms with Gasteiger partial charge in [0, 0.05) is 24.0 Å². The fraction of sp³-hybridized carbons (Fsp3) is 0.901. The molecule has 0 aliphatic carbocycles. The second-order valence-corrected chi connectivity index (χ2v) is 30.7. The van der Waals surface area contributed by atoms with Crippen molar-refractivity contribution in [3.63, 3.8) is 0 Å². The number of thioether (sulfide) groups is 1. The Morgan fingerprint density at radius 3 is 0.614 bits per heavy atom. The van der Waals surface area contributed by atoms with Gasteiger partial charge >= 0.3 is 12.0 Å². The van der Waals surface area contributed by atoms with Crippen molar-refractivity contribution in [1.29, 1.82) is 0 Å². The topological polar surface area (TPSA) is 429 Å². The van der Waals surface area contributed by atoms with Crippen molar-refractivity contribution in [1.82, 2.24) is 16.0 Å². The quantitative estimate of drug-likeness (QED) is 0.0160. The standard InChI is InChI=1S/C91H164F5N3O40S/c92-84-85(93)87(95)90(88(96)86(84)94)139-83(101)5-7-103-9-11-105-13-15-107-17-19-109-21-23-111-25-27-113-29-31-115-33-35-117-37-39-119-41-43-121-45-47-123-49-51-125-53-55-127-57-59-129-61-63-131-65-67-133-69-71-135-73-75-137-77-78-138-76-74-136-72-70-134-68-66-132-64-62-130-60-58-128-56-54-126-52-50-124-48-46-122-44-42-120-40-38-118-36-34-116-32-30-114-28-26-112-24-22-110-20-18-108-16-14-106-12-10-104-8-6-97-82(100)4-2-1-3-81-89-80(79-140-81)98-91(102)99-89/h80-81,89H,1-79H2,(H,97,100)(H2,98,99,102)/t80-,81-,89-/m0/s1. The lowest BCUT2D eigenvalue weighted by molar-refractivity contribution is -0.136. The second-order valence-electron chi connectivity index (χ2n) is 29.4. The van der Waals surface area contributed by atoms with Gasteiger partial charge in [0.25, 0.3) is 0 Å². The van der Waals surface area contributed by atoms with Crippen LogP contribution in [-0.4, -0.2) is 523 Å². The first-order valence-electron chi connectivity index (χ1n) is 48.6. The van der Waals surface area contributed by atoms with Crippen molar-refractivity contribution in [2.45, 2.75) is 49.4 Å². The van der Waals surface area contributed by atoms with Gasteiger partial charge in [-0.25, -0.2) is 18.0 Å². The highest BCUT2D eigenvalue weighted by Gasteiger charge is 2.42. The van der Waals surface area contributed by atoms with Crippen LogP contribution in [0.25, 0.3) is 0 Å². The van der Waals surface area contributed by atoms with Crippen LogP contribution >= 0.6 is 11.8 Å². The van der Waals surface area contributed by atoms with E-state index in [0.717, 1.165) is 25.0 Å². The Labute approximate surface area is 826 Å². The predicted molar refractivity (Wildman–Crippen MR) is 493 cm³/mol.